The van der Waals surface area contributed by atoms with Crippen molar-refractivity contribution in [2.75, 3.05) is 31.2 Å². The van der Waals surface area contributed by atoms with Gasteiger partial charge in [0.25, 0.3) is 0 Å². The molecule has 2 aliphatic rings. The van der Waals surface area contributed by atoms with Crippen molar-refractivity contribution in [3.05, 3.63) is 42.5 Å². The van der Waals surface area contributed by atoms with Gasteiger partial charge in [-0.05, 0) is 49.4 Å². The Balaban J connectivity index is 1.41. The molecule has 2 aromatic carbocycles. The third-order valence-corrected chi connectivity index (χ3v) is 8.48. The van der Waals surface area contributed by atoms with Gasteiger partial charge in [0.1, 0.15) is 11.6 Å². The summed E-state index contributed by atoms with van der Waals surface area (Å²) in [5.41, 5.74) is 6.63. The van der Waals surface area contributed by atoms with Crippen molar-refractivity contribution in [1.29, 1.82) is 5.26 Å². The maximum absolute atomic E-state index is 10.1. The standard InChI is InChI=1S/C28H32N6O2/c29-14-22-25(33-10-8-28(15-35,16-36)9-11-33)13-21(26-27(22)31-17-30-26)19-6-7-24-23(12-19)32-18-34(24)20-4-2-1-3-5-20/h6-7,12-13,17-18,20,35-36H,1-5,8-11,15-16H2,(H,30,31). The van der Waals surface area contributed by atoms with Crippen molar-refractivity contribution in [2.45, 2.75) is 51.0 Å². The molecule has 8 nitrogen and oxygen atoms in total. The van der Waals surface area contributed by atoms with Crippen LogP contribution in [-0.2, 0) is 0 Å². The largest absolute Gasteiger partial charge is 0.396 e. The minimum atomic E-state index is -0.452. The van der Waals surface area contributed by atoms with E-state index in [4.69, 9.17) is 4.98 Å². The summed E-state index contributed by atoms with van der Waals surface area (Å²) in [6.07, 6.45) is 11.3. The average Bonchev–Trinajstić information content (AvgIpc) is 3.60. The molecule has 1 saturated carbocycles. The Morgan fingerprint density at radius 2 is 1.83 bits per heavy atom. The lowest BCUT2D eigenvalue weighted by Gasteiger charge is -2.41. The molecule has 3 N–H and O–H groups in total. The Kier molecular flexibility index (Phi) is 5.90. The molecule has 2 fully saturated rings. The number of aliphatic hydroxyl groups is 2. The van der Waals surface area contributed by atoms with Crippen LogP contribution in [0.5, 0.6) is 0 Å². The third kappa shape index (κ3) is 3.74. The number of rotatable bonds is 5. The van der Waals surface area contributed by atoms with Gasteiger partial charge in [0.2, 0.25) is 0 Å². The number of fused-ring (bicyclic) bond motifs is 2. The number of benzene rings is 2. The van der Waals surface area contributed by atoms with E-state index in [1.165, 1.54) is 32.1 Å². The molecule has 0 radical (unpaired) electrons. The zero-order valence-corrected chi connectivity index (χ0v) is 20.5. The monoisotopic (exact) mass is 484 g/mol. The van der Waals surface area contributed by atoms with Crippen LogP contribution in [0.25, 0.3) is 33.2 Å². The molecule has 1 aliphatic heterocycles. The molecule has 1 saturated heterocycles. The predicted octanol–water partition coefficient (Wildman–Crippen LogP) is 4.53. The Hall–Kier alpha value is -3.41. The second-order valence-corrected chi connectivity index (χ2v) is 10.5. The maximum Gasteiger partial charge on any atom is 0.104 e. The van der Waals surface area contributed by atoms with Crippen LogP contribution in [0.15, 0.2) is 36.9 Å². The van der Waals surface area contributed by atoms with E-state index >= 15 is 0 Å². The van der Waals surface area contributed by atoms with Crippen molar-refractivity contribution in [1.82, 2.24) is 19.5 Å². The number of aromatic amines is 1. The summed E-state index contributed by atoms with van der Waals surface area (Å²) in [6.45, 7) is 1.28. The number of nitrogens with one attached hydrogen (secondary N) is 1. The molecule has 2 aromatic heterocycles. The first-order valence-electron chi connectivity index (χ1n) is 13.0. The van der Waals surface area contributed by atoms with Gasteiger partial charge in [0.05, 0.1) is 53.6 Å². The van der Waals surface area contributed by atoms with Gasteiger partial charge < -0.3 is 24.7 Å². The number of nitrogens with zero attached hydrogens (tertiary/aromatic N) is 5. The quantitative estimate of drug-likeness (QED) is 0.384. The molecule has 4 aromatic rings. The molecule has 0 atom stereocenters. The molecule has 0 bridgehead atoms. The number of aliphatic hydroxyl groups excluding tert-OH is 2. The molecule has 36 heavy (non-hydrogen) atoms. The Morgan fingerprint density at radius 1 is 1.06 bits per heavy atom. The van der Waals surface area contributed by atoms with E-state index in [2.05, 4.69) is 49.8 Å². The lowest BCUT2D eigenvalue weighted by Crippen LogP contribution is -2.44. The molecular formula is C28H32N6O2. The van der Waals surface area contributed by atoms with E-state index < -0.39 is 5.41 Å². The fourth-order valence-electron chi connectivity index (χ4n) is 6.11. The normalized spacial score (nSPS) is 18.6. The van der Waals surface area contributed by atoms with Gasteiger partial charge in [-0.1, -0.05) is 25.3 Å². The highest BCUT2D eigenvalue weighted by Crippen LogP contribution is 2.40. The van der Waals surface area contributed by atoms with Gasteiger partial charge in [-0.3, -0.25) is 0 Å². The molecule has 3 heterocycles. The average molecular weight is 485 g/mol. The smallest absolute Gasteiger partial charge is 0.104 e. The first-order valence-corrected chi connectivity index (χ1v) is 13.0. The molecule has 6 rings (SSSR count). The van der Waals surface area contributed by atoms with Gasteiger partial charge in [0, 0.05) is 30.1 Å². The molecule has 0 unspecified atom stereocenters. The summed E-state index contributed by atoms with van der Waals surface area (Å²) < 4.78 is 2.34. The number of anilines is 1. The van der Waals surface area contributed by atoms with Crippen molar-refractivity contribution in [3.8, 4) is 17.2 Å². The first kappa shape index (κ1) is 23.0. The summed E-state index contributed by atoms with van der Waals surface area (Å²) in [6, 6.07) is 11.4. The molecule has 1 aliphatic carbocycles. The van der Waals surface area contributed by atoms with Crippen LogP contribution in [0.2, 0.25) is 0 Å². The molecule has 0 spiro atoms. The predicted molar refractivity (Wildman–Crippen MR) is 140 cm³/mol. The van der Waals surface area contributed by atoms with Gasteiger partial charge in [-0.2, -0.15) is 5.26 Å². The van der Waals surface area contributed by atoms with Crippen molar-refractivity contribution < 1.29 is 10.2 Å². The third-order valence-electron chi connectivity index (χ3n) is 8.48. The number of piperidine rings is 1. The van der Waals surface area contributed by atoms with E-state index in [0.717, 1.165) is 38.9 Å². The minimum Gasteiger partial charge on any atom is -0.396 e. The minimum absolute atomic E-state index is 0.0270. The Morgan fingerprint density at radius 3 is 2.56 bits per heavy atom. The van der Waals surface area contributed by atoms with Crippen LogP contribution < -0.4 is 4.90 Å². The molecule has 8 heteroatoms. The second kappa shape index (κ2) is 9.23. The van der Waals surface area contributed by atoms with E-state index in [-0.39, 0.29) is 13.2 Å². The number of hydrogen-bond acceptors (Lipinski definition) is 6. The van der Waals surface area contributed by atoms with Gasteiger partial charge >= 0.3 is 0 Å². The summed E-state index contributed by atoms with van der Waals surface area (Å²) in [7, 11) is 0. The second-order valence-electron chi connectivity index (χ2n) is 10.5. The zero-order valence-electron chi connectivity index (χ0n) is 20.5. The lowest BCUT2D eigenvalue weighted by atomic mass is 9.79. The van der Waals surface area contributed by atoms with Crippen LogP contribution in [-0.4, -0.2) is 56.0 Å². The molecule has 0 amide bonds. The van der Waals surface area contributed by atoms with Crippen LogP contribution in [0.1, 0.15) is 56.6 Å². The summed E-state index contributed by atoms with van der Waals surface area (Å²) in [4.78, 5) is 14.7. The number of nitriles is 1. The van der Waals surface area contributed by atoms with E-state index in [1.807, 2.05) is 6.33 Å². The van der Waals surface area contributed by atoms with Gasteiger partial charge in [0.15, 0.2) is 0 Å². The van der Waals surface area contributed by atoms with Gasteiger partial charge in [-0.25, -0.2) is 9.97 Å². The van der Waals surface area contributed by atoms with E-state index in [9.17, 15) is 15.5 Å². The van der Waals surface area contributed by atoms with Crippen molar-refractivity contribution in [2.24, 2.45) is 5.41 Å². The van der Waals surface area contributed by atoms with Crippen molar-refractivity contribution in [3.63, 3.8) is 0 Å². The SMILES string of the molecule is N#Cc1c(N2CCC(CO)(CO)CC2)cc(-c2ccc3c(c2)ncn3C2CCCCC2)c2nc[nH]c12. The maximum atomic E-state index is 10.1. The summed E-state index contributed by atoms with van der Waals surface area (Å²) >= 11 is 0. The highest BCUT2D eigenvalue weighted by atomic mass is 16.3. The topological polar surface area (TPSA) is 114 Å². The van der Waals surface area contributed by atoms with Gasteiger partial charge in [-0.15, -0.1) is 0 Å². The Labute approximate surface area is 210 Å². The van der Waals surface area contributed by atoms with Crippen LogP contribution >= 0.6 is 0 Å². The highest BCUT2D eigenvalue weighted by Gasteiger charge is 2.34. The number of aromatic nitrogens is 4. The fourth-order valence-corrected chi connectivity index (χ4v) is 6.11. The summed E-state index contributed by atoms with van der Waals surface area (Å²) in [5, 5.41) is 29.7. The number of H-pyrrole nitrogens is 1. The van der Waals surface area contributed by atoms with Crippen LogP contribution in [0.4, 0.5) is 5.69 Å². The van der Waals surface area contributed by atoms with E-state index in [1.54, 1.807) is 6.33 Å². The Bertz CT molecular complexity index is 1430. The van der Waals surface area contributed by atoms with Crippen LogP contribution in [0.3, 0.4) is 0 Å². The highest BCUT2D eigenvalue weighted by molar-refractivity contribution is 6.00. The zero-order chi connectivity index (χ0) is 24.7. The first-order chi connectivity index (χ1) is 17.7. The van der Waals surface area contributed by atoms with Crippen molar-refractivity contribution >= 4 is 27.8 Å². The molecular weight excluding hydrogens is 452 g/mol. The lowest BCUT2D eigenvalue weighted by molar-refractivity contribution is 0.0341. The number of imidazole rings is 2. The summed E-state index contributed by atoms with van der Waals surface area (Å²) in [5.74, 6) is 0. The molecule has 186 valence electrons. The van der Waals surface area contributed by atoms with Crippen LogP contribution in [0, 0.1) is 16.7 Å². The number of hydrogen-bond donors (Lipinski definition) is 3. The van der Waals surface area contributed by atoms with E-state index in [0.29, 0.717) is 37.5 Å². The fraction of sp³-hybridized carbons (Fsp3) is 0.464.